The van der Waals surface area contributed by atoms with Gasteiger partial charge in [0.05, 0.1) is 12.1 Å². The number of piperidine rings is 2. The largest absolute Gasteiger partial charge is 0.444 e. The lowest BCUT2D eigenvalue weighted by atomic mass is 9.74. The molecule has 0 radical (unpaired) electrons. The Morgan fingerprint density at radius 2 is 1.82 bits per heavy atom. The number of nitrogens with one attached hydrogen (secondary N) is 1. The van der Waals surface area contributed by atoms with Crippen LogP contribution in [0.1, 0.15) is 65.7 Å². The van der Waals surface area contributed by atoms with Crippen molar-refractivity contribution in [3.8, 4) is 0 Å². The topological polar surface area (TPSA) is 57.3 Å². The van der Waals surface area contributed by atoms with Crippen LogP contribution in [0.3, 0.4) is 0 Å². The Kier molecular flexibility index (Phi) is 8.58. The monoisotopic (exact) mass is 464 g/mol. The molecule has 1 aliphatic carbocycles. The Bertz CT molecular complexity index is 640. The maximum absolute atomic E-state index is 12.6. The van der Waals surface area contributed by atoms with Gasteiger partial charge in [-0.05, 0) is 97.2 Å². The van der Waals surface area contributed by atoms with Gasteiger partial charge in [0, 0.05) is 45.9 Å². The molecule has 3 aliphatic heterocycles. The summed E-state index contributed by atoms with van der Waals surface area (Å²) >= 11 is 0. The molecule has 4 unspecified atom stereocenters. The van der Waals surface area contributed by atoms with Crippen LogP contribution in [0.25, 0.3) is 0 Å². The van der Waals surface area contributed by atoms with Gasteiger partial charge in [0.1, 0.15) is 5.60 Å². The maximum Gasteiger partial charge on any atom is 0.410 e. The minimum absolute atomic E-state index is 0.147. The minimum Gasteiger partial charge on any atom is -0.444 e. The van der Waals surface area contributed by atoms with Crippen molar-refractivity contribution in [1.82, 2.24) is 20.0 Å². The van der Waals surface area contributed by atoms with Crippen molar-refractivity contribution in [1.29, 1.82) is 0 Å². The molecule has 0 aromatic heterocycles. The molecule has 190 valence electrons. The van der Waals surface area contributed by atoms with Crippen molar-refractivity contribution in [2.24, 2.45) is 11.8 Å². The summed E-state index contributed by atoms with van der Waals surface area (Å²) in [5.74, 6) is 1.36. The van der Waals surface area contributed by atoms with Crippen LogP contribution >= 0.6 is 0 Å². The number of ether oxygens (including phenoxy) is 2. The lowest BCUT2D eigenvalue weighted by Crippen LogP contribution is -2.63. The molecule has 33 heavy (non-hydrogen) atoms. The number of hydrogen-bond acceptors (Lipinski definition) is 6. The summed E-state index contributed by atoms with van der Waals surface area (Å²) in [6, 6.07) is 1.09. The van der Waals surface area contributed by atoms with Crippen LogP contribution in [0.2, 0.25) is 0 Å². The van der Waals surface area contributed by atoms with Crippen LogP contribution in [0, 0.1) is 11.8 Å². The van der Waals surface area contributed by atoms with E-state index in [0.29, 0.717) is 24.1 Å². The number of nitrogens with zero attached hydrogens (tertiary/aromatic N) is 3. The Hall–Kier alpha value is -0.890. The van der Waals surface area contributed by atoms with Gasteiger partial charge >= 0.3 is 6.09 Å². The predicted molar refractivity (Wildman–Crippen MR) is 131 cm³/mol. The first-order valence-corrected chi connectivity index (χ1v) is 13.5. The maximum atomic E-state index is 12.6. The van der Waals surface area contributed by atoms with Gasteiger partial charge in [0.25, 0.3) is 0 Å². The fourth-order valence-corrected chi connectivity index (χ4v) is 6.75. The predicted octanol–water partition coefficient (Wildman–Crippen LogP) is 3.19. The van der Waals surface area contributed by atoms with Crippen LogP contribution in [-0.4, -0.2) is 104 Å². The number of carbonyl (C=O) groups excluding carboxylic acids is 1. The standard InChI is InChI=1S/C26H48N4O3/c1-26(2,3)33-25(31)30-14-6-8-20(19-30)18-28-13-7-15-29(17-16-28)24-22(32-4)11-10-21-9-5-12-27-23(21)24/h20-24,27H,5-19H2,1-4H3/t20-,21?,22?,23?,24?/m1/s1. The van der Waals surface area contributed by atoms with Gasteiger partial charge in [-0.25, -0.2) is 4.79 Å². The lowest BCUT2D eigenvalue weighted by molar-refractivity contribution is -0.0490. The molecule has 0 bridgehead atoms. The van der Waals surface area contributed by atoms with Gasteiger partial charge in [-0.15, -0.1) is 0 Å². The molecular weight excluding hydrogens is 416 g/mol. The highest BCUT2D eigenvalue weighted by Crippen LogP contribution is 2.35. The fraction of sp³-hybridized carbons (Fsp3) is 0.962. The molecule has 0 aromatic carbocycles. The summed E-state index contributed by atoms with van der Waals surface area (Å²) in [6.07, 6.45) is 8.91. The van der Waals surface area contributed by atoms with Crippen molar-refractivity contribution >= 4 is 6.09 Å². The van der Waals surface area contributed by atoms with Gasteiger partial charge in [-0.2, -0.15) is 0 Å². The summed E-state index contributed by atoms with van der Waals surface area (Å²) in [5.41, 5.74) is -0.427. The molecule has 5 atom stereocenters. The zero-order valence-electron chi connectivity index (χ0n) is 21.6. The van der Waals surface area contributed by atoms with Crippen molar-refractivity contribution in [3.05, 3.63) is 0 Å². The number of methoxy groups -OCH3 is 1. The summed E-state index contributed by atoms with van der Waals surface area (Å²) in [4.78, 5) is 19.9. The number of carbonyl (C=O) groups is 1. The van der Waals surface area contributed by atoms with E-state index in [2.05, 4.69) is 15.1 Å². The van der Waals surface area contributed by atoms with Crippen LogP contribution < -0.4 is 5.32 Å². The Labute approximate surface area is 201 Å². The van der Waals surface area contributed by atoms with Gasteiger partial charge in [0.15, 0.2) is 0 Å². The van der Waals surface area contributed by atoms with Crippen molar-refractivity contribution < 1.29 is 14.3 Å². The first-order valence-electron chi connectivity index (χ1n) is 13.5. The van der Waals surface area contributed by atoms with Gasteiger partial charge < -0.3 is 24.6 Å². The first kappa shape index (κ1) is 25.2. The van der Waals surface area contributed by atoms with Crippen molar-refractivity contribution in [2.75, 3.05) is 59.5 Å². The molecule has 3 saturated heterocycles. The highest BCUT2D eigenvalue weighted by Gasteiger charge is 2.43. The molecule has 0 spiro atoms. The summed E-state index contributed by atoms with van der Waals surface area (Å²) in [7, 11) is 1.91. The Morgan fingerprint density at radius 3 is 2.61 bits per heavy atom. The Morgan fingerprint density at radius 1 is 0.970 bits per heavy atom. The fourth-order valence-electron chi connectivity index (χ4n) is 6.75. The van der Waals surface area contributed by atoms with E-state index in [1.165, 1.54) is 45.1 Å². The second kappa shape index (κ2) is 11.2. The molecule has 7 heteroatoms. The van der Waals surface area contributed by atoms with E-state index in [4.69, 9.17) is 9.47 Å². The van der Waals surface area contributed by atoms with E-state index in [-0.39, 0.29) is 6.09 Å². The van der Waals surface area contributed by atoms with E-state index in [0.717, 1.165) is 58.2 Å². The third-order valence-electron chi connectivity index (χ3n) is 8.25. The van der Waals surface area contributed by atoms with E-state index in [9.17, 15) is 4.79 Å². The van der Waals surface area contributed by atoms with Gasteiger partial charge in [-0.1, -0.05) is 0 Å². The number of hydrogen-bond donors (Lipinski definition) is 1. The van der Waals surface area contributed by atoms with E-state index in [1.807, 2.05) is 32.8 Å². The summed E-state index contributed by atoms with van der Waals surface area (Å²) < 4.78 is 11.6. The number of fused-ring (bicyclic) bond motifs is 1. The lowest BCUT2D eigenvalue weighted by Gasteiger charge is -2.49. The van der Waals surface area contributed by atoms with Crippen LogP contribution in [0.4, 0.5) is 4.79 Å². The average molecular weight is 465 g/mol. The Balaban J connectivity index is 1.31. The SMILES string of the molecule is COC1CCC2CCCNC2C1N1CCCN(C[C@H]2CCCN(C(=O)OC(C)(C)C)C2)CC1. The molecule has 1 saturated carbocycles. The smallest absolute Gasteiger partial charge is 0.410 e. The minimum atomic E-state index is -0.427. The highest BCUT2D eigenvalue weighted by molar-refractivity contribution is 5.68. The van der Waals surface area contributed by atoms with Crippen LogP contribution in [0.5, 0.6) is 0 Å². The third-order valence-corrected chi connectivity index (χ3v) is 8.25. The first-order chi connectivity index (χ1) is 15.8. The molecule has 4 fully saturated rings. The van der Waals surface area contributed by atoms with Crippen molar-refractivity contribution in [3.63, 3.8) is 0 Å². The molecule has 0 aromatic rings. The molecule has 7 nitrogen and oxygen atoms in total. The highest BCUT2D eigenvalue weighted by atomic mass is 16.6. The molecule has 1 amide bonds. The quantitative estimate of drug-likeness (QED) is 0.690. The third kappa shape index (κ3) is 6.62. The van der Waals surface area contributed by atoms with E-state index < -0.39 is 5.60 Å². The number of amides is 1. The normalized spacial score (nSPS) is 35.0. The summed E-state index contributed by atoms with van der Waals surface area (Å²) in [6.45, 7) is 14.3. The summed E-state index contributed by atoms with van der Waals surface area (Å²) in [5, 5.41) is 3.88. The van der Waals surface area contributed by atoms with Crippen molar-refractivity contribution in [2.45, 2.75) is 89.5 Å². The zero-order chi connectivity index (χ0) is 23.4. The second-order valence-corrected chi connectivity index (χ2v) is 11.8. The van der Waals surface area contributed by atoms with Crippen LogP contribution in [-0.2, 0) is 9.47 Å². The molecule has 3 heterocycles. The zero-order valence-corrected chi connectivity index (χ0v) is 21.6. The van der Waals surface area contributed by atoms with Crippen LogP contribution in [0.15, 0.2) is 0 Å². The number of likely N-dealkylation sites (tertiary alicyclic amines) is 1. The van der Waals surface area contributed by atoms with Gasteiger partial charge in [-0.3, -0.25) is 4.90 Å². The molecule has 1 N–H and O–H groups in total. The van der Waals surface area contributed by atoms with E-state index >= 15 is 0 Å². The molecular formula is C26H48N4O3. The molecule has 4 aliphatic rings. The number of rotatable bonds is 4. The second-order valence-electron chi connectivity index (χ2n) is 11.8. The van der Waals surface area contributed by atoms with Gasteiger partial charge in [0.2, 0.25) is 0 Å². The van der Waals surface area contributed by atoms with E-state index in [1.54, 1.807) is 0 Å². The average Bonchev–Trinajstić information content (AvgIpc) is 3.02. The molecule has 4 rings (SSSR count).